The number of rotatable bonds is 0. The summed E-state index contributed by atoms with van der Waals surface area (Å²) < 4.78 is 0. The van der Waals surface area contributed by atoms with Gasteiger partial charge in [-0.2, -0.15) is 0 Å². The van der Waals surface area contributed by atoms with Gasteiger partial charge >= 0.3 is 0 Å². The second-order valence-electron chi connectivity index (χ2n) is 3.58. The predicted molar refractivity (Wildman–Crippen MR) is 58.6 cm³/mol. The monoisotopic (exact) mass is 197 g/mol. The number of fused-ring (bicyclic) bond motifs is 1. The van der Waals surface area contributed by atoms with E-state index < -0.39 is 0 Å². The van der Waals surface area contributed by atoms with E-state index in [0.29, 0.717) is 6.04 Å². The molecule has 0 spiro atoms. The molecule has 0 radical (unpaired) electrons. The summed E-state index contributed by atoms with van der Waals surface area (Å²) in [4.78, 5) is 0. The minimum Gasteiger partial charge on any atom is -0.314 e. The summed E-state index contributed by atoms with van der Waals surface area (Å²) in [7, 11) is 0. The van der Waals surface area contributed by atoms with E-state index in [1.807, 2.05) is 0 Å². The first-order valence-corrected chi connectivity index (χ1v) is 4.66. The van der Waals surface area contributed by atoms with E-state index in [0.717, 1.165) is 6.54 Å². The average molecular weight is 198 g/mol. The minimum atomic E-state index is 0. The van der Waals surface area contributed by atoms with Crippen molar-refractivity contribution in [2.75, 3.05) is 6.54 Å². The summed E-state index contributed by atoms with van der Waals surface area (Å²) in [6, 6.07) is 9.40. The van der Waals surface area contributed by atoms with Crippen molar-refractivity contribution in [3.63, 3.8) is 0 Å². The van der Waals surface area contributed by atoms with Gasteiger partial charge in [0.05, 0.1) is 0 Å². The summed E-state index contributed by atoms with van der Waals surface area (Å²) in [6.45, 7) is 3.38. The lowest BCUT2D eigenvalue weighted by atomic mass is 10.0. The maximum Gasteiger partial charge on any atom is 0.00793 e. The van der Waals surface area contributed by atoms with Gasteiger partial charge in [0.2, 0.25) is 0 Å². The Morgan fingerprint density at radius 2 is 1.92 bits per heavy atom. The first-order valence-electron chi connectivity index (χ1n) is 4.66. The van der Waals surface area contributed by atoms with Crippen LogP contribution in [0.15, 0.2) is 24.3 Å². The molecule has 1 atom stereocenters. The highest BCUT2D eigenvalue weighted by Crippen LogP contribution is 2.14. The van der Waals surface area contributed by atoms with Crippen LogP contribution < -0.4 is 5.32 Å². The maximum atomic E-state index is 3.49. The Hall–Kier alpha value is -0.530. The van der Waals surface area contributed by atoms with Gasteiger partial charge < -0.3 is 5.32 Å². The summed E-state index contributed by atoms with van der Waals surface area (Å²) in [5.41, 5.74) is 3.05. The van der Waals surface area contributed by atoms with Gasteiger partial charge in [-0.1, -0.05) is 24.3 Å². The summed E-state index contributed by atoms with van der Waals surface area (Å²) in [5.74, 6) is 0. The van der Waals surface area contributed by atoms with Gasteiger partial charge in [0.1, 0.15) is 0 Å². The molecule has 0 bridgehead atoms. The van der Waals surface area contributed by atoms with Crippen LogP contribution in [0.2, 0.25) is 0 Å². The molecule has 2 heteroatoms. The zero-order chi connectivity index (χ0) is 8.39. The molecule has 0 saturated carbocycles. The van der Waals surface area contributed by atoms with Gasteiger partial charge in [0, 0.05) is 6.04 Å². The third-order valence-corrected chi connectivity index (χ3v) is 2.53. The van der Waals surface area contributed by atoms with Crippen LogP contribution in [0.3, 0.4) is 0 Å². The van der Waals surface area contributed by atoms with Crippen molar-refractivity contribution in [1.82, 2.24) is 5.32 Å². The van der Waals surface area contributed by atoms with Crippen molar-refractivity contribution in [1.29, 1.82) is 0 Å². The normalized spacial score (nSPS) is 21.2. The van der Waals surface area contributed by atoms with E-state index in [-0.39, 0.29) is 12.4 Å². The Morgan fingerprint density at radius 1 is 1.23 bits per heavy atom. The first-order chi connectivity index (χ1) is 5.86. The van der Waals surface area contributed by atoms with E-state index in [1.165, 1.54) is 24.0 Å². The SMILES string of the molecule is C[C@H]1Cc2ccccc2CCN1.Cl. The molecule has 0 amide bonds. The number of benzene rings is 1. The smallest absolute Gasteiger partial charge is 0.00793 e. The van der Waals surface area contributed by atoms with Crippen LogP contribution >= 0.6 is 12.4 Å². The maximum absolute atomic E-state index is 3.49. The second kappa shape index (κ2) is 4.64. The van der Waals surface area contributed by atoms with E-state index >= 15 is 0 Å². The Bertz CT molecular complexity index is 273. The van der Waals surface area contributed by atoms with Crippen LogP contribution in [0.5, 0.6) is 0 Å². The molecule has 1 N–H and O–H groups in total. The highest BCUT2D eigenvalue weighted by atomic mass is 35.5. The largest absolute Gasteiger partial charge is 0.314 e. The fourth-order valence-corrected chi connectivity index (χ4v) is 1.86. The van der Waals surface area contributed by atoms with Crippen molar-refractivity contribution in [2.24, 2.45) is 0 Å². The molecule has 1 heterocycles. The van der Waals surface area contributed by atoms with Gasteiger partial charge in [0.25, 0.3) is 0 Å². The van der Waals surface area contributed by atoms with Crippen molar-refractivity contribution in [3.05, 3.63) is 35.4 Å². The topological polar surface area (TPSA) is 12.0 Å². The third kappa shape index (κ3) is 2.45. The molecule has 0 saturated heterocycles. The minimum absolute atomic E-state index is 0. The molecule has 13 heavy (non-hydrogen) atoms. The van der Waals surface area contributed by atoms with Crippen molar-refractivity contribution < 1.29 is 0 Å². The van der Waals surface area contributed by atoms with Gasteiger partial charge in [0.15, 0.2) is 0 Å². The molecule has 0 unspecified atom stereocenters. The molecule has 1 nitrogen and oxygen atoms in total. The Kier molecular flexibility index (Phi) is 3.76. The van der Waals surface area contributed by atoms with Crippen LogP contribution in [0.4, 0.5) is 0 Å². The standard InChI is InChI=1S/C11H15N.ClH/c1-9-8-11-5-3-2-4-10(11)6-7-12-9;/h2-5,9,12H,6-8H2,1H3;1H/t9-;/m0./s1. The fraction of sp³-hybridized carbons (Fsp3) is 0.455. The zero-order valence-corrected chi connectivity index (χ0v) is 8.73. The summed E-state index contributed by atoms with van der Waals surface area (Å²) in [6.07, 6.45) is 2.36. The number of hydrogen-bond acceptors (Lipinski definition) is 1. The number of hydrogen-bond donors (Lipinski definition) is 1. The van der Waals surface area contributed by atoms with Gasteiger partial charge in [-0.25, -0.2) is 0 Å². The highest BCUT2D eigenvalue weighted by molar-refractivity contribution is 5.85. The van der Waals surface area contributed by atoms with Crippen molar-refractivity contribution >= 4 is 12.4 Å². The molecule has 1 aliphatic rings. The number of nitrogens with one attached hydrogen (secondary N) is 1. The number of halogens is 1. The van der Waals surface area contributed by atoms with Crippen LogP contribution in [0.25, 0.3) is 0 Å². The van der Waals surface area contributed by atoms with Crippen LogP contribution in [0, 0.1) is 0 Å². The molecule has 1 aromatic rings. The predicted octanol–water partition coefficient (Wildman–Crippen LogP) is 2.19. The molecule has 0 fully saturated rings. The van der Waals surface area contributed by atoms with Crippen LogP contribution in [-0.2, 0) is 12.8 Å². The highest BCUT2D eigenvalue weighted by Gasteiger charge is 2.10. The fourth-order valence-electron chi connectivity index (χ4n) is 1.86. The van der Waals surface area contributed by atoms with Crippen LogP contribution in [0.1, 0.15) is 18.1 Å². The second-order valence-corrected chi connectivity index (χ2v) is 3.58. The third-order valence-electron chi connectivity index (χ3n) is 2.53. The first kappa shape index (κ1) is 10.6. The van der Waals surface area contributed by atoms with Crippen LogP contribution in [-0.4, -0.2) is 12.6 Å². The lowest BCUT2D eigenvalue weighted by Gasteiger charge is -2.08. The lowest BCUT2D eigenvalue weighted by molar-refractivity contribution is 0.568. The van der Waals surface area contributed by atoms with Gasteiger partial charge in [-0.3, -0.25) is 0 Å². The van der Waals surface area contributed by atoms with Gasteiger partial charge in [-0.15, -0.1) is 12.4 Å². The molecular weight excluding hydrogens is 182 g/mol. The average Bonchev–Trinajstić information content (AvgIpc) is 2.25. The Balaban J connectivity index is 0.000000845. The van der Waals surface area contributed by atoms with Crippen molar-refractivity contribution in [3.8, 4) is 0 Å². The summed E-state index contributed by atoms with van der Waals surface area (Å²) in [5, 5.41) is 3.49. The lowest BCUT2D eigenvalue weighted by Crippen LogP contribution is -2.27. The van der Waals surface area contributed by atoms with E-state index in [2.05, 4.69) is 36.5 Å². The molecule has 0 aromatic heterocycles. The molecule has 72 valence electrons. The van der Waals surface area contributed by atoms with Gasteiger partial charge in [-0.05, 0) is 37.4 Å². The van der Waals surface area contributed by atoms with E-state index in [1.54, 1.807) is 0 Å². The van der Waals surface area contributed by atoms with Crippen molar-refractivity contribution in [2.45, 2.75) is 25.8 Å². The zero-order valence-electron chi connectivity index (χ0n) is 7.92. The quantitative estimate of drug-likeness (QED) is 0.673. The molecule has 2 rings (SSSR count). The van der Waals surface area contributed by atoms with E-state index in [9.17, 15) is 0 Å². The van der Waals surface area contributed by atoms with E-state index in [4.69, 9.17) is 0 Å². The molecule has 1 aliphatic heterocycles. The molecule has 0 aliphatic carbocycles. The Labute approximate surface area is 86.0 Å². The Morgan fingerprint density at radius 3 is 2.69 bits per heavy atom. The summed E-state index contributed by atoms with van der Waals surface area (Å²) >= 11 is 0. The molecular formula is C11H16ClN. The molecule has 1 aromatic carbocycles.